The highest BCUT2D eigenvalue weighted by molar-refractivity contribution is 6.51. The van der Waals surface area contributed by atoms with E-state index >= 15 is 0 Å². The molecule has 0 saturated heterocycles. The van der Waals surface area contributed by atoms with Gasteiger partial charge in [0.15, 0.2) is 0 Å². The van der Waals surface area contributed by atoms with Crippen LogP contribution >= 0.6 is 0 Å². The molecule has 1 rings (SSSR count). The quantitative estimate of drug-likeness (QED) is 0.477. The van der Waals surface area contributed by atoms with Crippen molar-refractivity contribution in [1.29, 1.82) is 0 Å². The van der Waals surface area contributed by atoms with Gasteiger partial charge in [-0.3, -0.25) is 0 Å². The van der Waals surface area contributed by atoms with Gasteiger partial charge in [0.2, 0.25) is 0 Å². The van der Waals surface area contributed by atoms with Crippen molar-refractivity contribution in [1.82, 2.24) is 4.90 Å². The van der Waals surface area contributed by atoms with Crippen molar-refractivity contribution in [2.75, 3.05) is 13.6 Å². The topological polar surface area (TPSA) is 43.7 Å². The largest absolute Gasteiger partial charge is 0.488 e. The second-order valence-electron chi connectivity index (χ2n) is 2.16. The lowest BCUT2D eigenvalue weighted by Crippen LogP contribution is -2.21. The Morgan fingerprint density at radius 2 is 2.60 bits per heavy atom. The fourth-order valence-electron chi connectivity index (χ4n) is 0.735. The van der Waals surface area contributed by atoms with E-state index in [1.807, 2.05) is 0 Å². The first-order valence-corrected chi connectivity index (χ1v) is 3.01. The van der Waals surface area contributed by atoms with Crippen LogP contribution in [0.2, 0.25) is 0 Å². The standard InChI is InChI=1S/C6H10BNO2/c1-8-4-2-6(3-5-8)7(9)10/h2-4,9-10H,5H2,1H3/i1D. The molecule has 54 valence electrons. The molecular formula is C6H10BNO2. The minimum Gasteiger partial charge on any atom is -0.423 e. The van der Waals surface area contributed by atoms with E-state index in [1.54, 1.807) is 23.3 Å². The summed E-state index contributed by atoms with van der Waals surface area (Å²) >= 11 is 0. The molecule has 0 spiro atoms. The van der Waals surface area contributed by atoms with Gasteiger partial charge in [0, 0.05) is 14.9 Å². The van der Waals surface area contributed by atoms with E-state index < -0.39 is 7.12 Å². The van der Waals surface area contributed by atoms with Gasteiger partial charge in [0.25, 0.3) is 0 Å². The van der Waals surface area contributed by atoms with Crippen LogP contribution < -0.4 is 0 Å². The number of hydrogen-bond acceptors (Lipinski definition) is 3. The van der Waals surface area contributed by atoms with Crippen LogP contribution in [-0.4, -0.2) is 35.6 Å². The Morgan fingerprint density at radius 1 is 1.80 bits per heavy atom. The van der Waals surface area contributed by atoms with Crippen LogP contribution in [0.5, 0.6) is 0 Å². The summed E-state index contributed by atoms with van der Waals surface area (Å²) in [5, 5.41) is 17.4. The van der Waals surface area contributed by atoms with Crippen molar-refractivity contribution in [3.8, 4) is 0 Å². The molecule has 0 aromatic heterocycles. The van der Waals surface area contributed by atoms with E-state index in [0.29, 0.717) is 12.0 Å². The van der Waals surface area contributed by atoms with Gasteiger partial charge in [-0.15, -0.1) is 0 Å². The Bertz CT molecular complexity index is 193. The van der Waals surface area contributed by atoms with Gasteiger partial charge in [-0.1, -0.05) is 6.08 Å². The van der Waals surface area contributed by atoms with Crippen molar-refractivity contribution in [3.05, 3.63) is 23.8 Å². The molecule has 0 fully saturated rings. The fraction of sp³-hybridized carbons (Fsp3) is 0.333. The minimum absolute atomic E-state index is 0.196. The number of hydrogen-bond donors (Lipinski definition) is 2. The Hall–Kier alpha value is -0.735. The summed E-state index contributed by atoms with van der Waals surface area (Å²) in [5.41, 5.74) is 0.495. The first kappa shape index (κ1) is 6.01. The average Bonchev–Trinajstić information content (AvgIpc) is 2.05. The van der Waals surface area contributed by atoms with Crippen molar-refractivity contribution < 1.29 is 11.4 Å². The molecule has 1 heterocycles. The molecule has 0 aliphatic carbocycles. The van der Waals surface area contributed by atoms with E-state index in [0.717, 1.165) is 0 Å². The highest BCUT2D eigenvalue weighted by atomic mass is 16.4. The van der Waals surface area contributed by atoms with Crippen molar-refractivity contribution in [2.24, 2.45) is 0 Å². The zero-order valence-electron chi connectivity index (χ0n) is 6.57. The maximum Gasteiger partial charge on any atom is 0.488 e. The van der Waals surface area contributed by atoms with Crippen LogP contribution in [-0.2, 0) is 0 Å². The highest BCUT2D eigenvalue weighted by Crippen LogP contribution is 2.05. The first-order valence-electron chi connectivity index (χ1n) is 3.72. The molecule has 0 amide bonds. The molecule has 0 aromatic carbocycles. The number of allylic oxidation sites excluding steroid dienone is 2. The van der Waals surface area contributed by atoms with E-state index in [1.165, 1.54) is 0 Å². The molecule has 1 aliphatic rings. The Morgan fingerprint density at radius 3 is 3.00 bits per heavy atom. The van der Waals surface area contributed by atoms with Crippen molar-refractivity contribution in [2.45, 2.75) is 0 Å². The lowest BCUT2D eigenvalue weighted by molar-refractivity contribution is 0.418. The Labute approximate surface area is 61.8 Å². The van der Waals surface area contributed by atoms with Gasteiger partial charge in [0.1, 0.15) is 0 Å². The van der Waals surface area contributed by atoms with Crippen LogP contribution in [0.15, 0.2) is 23.8 Å². The van der Waals surface area contributed by atoms with Crippen LogP contribution in [0.1, 0.15) is 1.37 Å². The summed E-state index contributed by atoms with van der Waals surface area (Å²) in [6, 6.07) is 0. The summed E-state index contributed by atoms with van der Waals surface area (Å²) in [7, 11) is -1.19. The van der Waals surface area contributed by atoms with E-state index in [9.17, 15) is 0 Å². The lowest BCUT2D eigenvalue weighted by atomic mass is 9.78. The van der Waals surface area contributed by atoms with Crippen LogP contribution in [0.3, 0.4) is 0 Å². The molecule has 0 unspecified atom stereocenters. The lowest BCUT2D eigenvalue weighted by Gasteiger charge is -2.16. The summed E-state index contributed by atoms with van der Waals surface area (Å²) in [4.78, 5) is 1.74. The van der Waals surface area contributed by atoms with Gasteiger partial charge < -0.3 is 14.9 Å². The first-order chi connectivity index (χ1) is 5.24. The van der Waals surface area contributed by atoms with E-state index in [2.05, 4.69) is 0 Å². The zero-order valence-corrected chi connectivity index (χ0v) is 5.57. The predicted molar refractivity (Wildman–Crippen MR) is 40.0 cm³/mol. The van der Waals surface area contributed by atoms with Crippen LogP contribution in [0, 0.1) is 0 Å². The SMILES string of the molecule is [2H]CN1C=CC(B(O)O)=CC1. The molecule has 0 bridgehead atoms. The smallest absolute Gasteiger partial charge is 0.423 e. The summed E-state index contributed by atoms with van der Waals surface area (Å²) in [6.07, 6.45) is 4.98. The predicted octanol–water partition coefficient (Wildman–Crippen LogP) is -0.616. The van der Waals surface area contributed by atoms with Gasteiger partial charge in [-0.2, -0.15) is 0 Å². The molecule has 2 N–H and O–H groups in total. The third-order valence-electron chi connectivity index (χ3n) is 1.34. The summed E-state index contributed by atoms with van der Waals surface area (Å²) < 4.78 is 6.99. The molecule has 10 heavy (non-hydrogen) atoms. The van der Waals surface area contributed by atoms with Gasteiger partial charge in [-0.25, -0.2) is 0 Å². The molecular weight excluding hydrogens is 129 g/mol. The maximum absolute atomic E-state index is 8.71. The summed E-state index contributed by atoms with van der Waals surface area (Å²) in [5.74, 6) is 0. The maximum atomic E-state index is 8.71. The van der Waals surface area contributed by atoms with Gasteiger partial charge in [0.05, 0.1) is 0 Å². The Kier molecular flexibility index (Phi) is 1.74. The third kappa shape index (κ3) is 1.62. The fourth-order valence-corrected chi connectivity index (χ4v) is 0.735. The van der Waals surface area contributed by atoms with E-state index in [4.69, 9.17) is 11.4 Å². The van der Waals surface area contributed by atoms with Crippen molar-refractivity contribution in [3.63, 3.8) is 0 Å². The van der Waals surface area contributed by atoms with Crippen LogP contribution in [0.25, 0.3) is 0 Å². The number of likely N-dealkylation sites (N-methyl/N-ethyl adjacent to an activating group) is 1. The van der Waals surface area contributed by atoms with Gasteiger partial charge in [-0.05, 0) is 17.7 Å². The second-order valence-corrected chi connectivity index (χ2v) is 2.16. The second kappa shape index (κ2) is 2.90. The Balaban J connectivity index is 2.53. The third-order valence-corrected chi connectivity index (χ3v) is 1.34. The highest BCUT2D eigenvalue weighted by Gasteiger charge is 2.13. The molecule has 4 heteroatoms. The molecule has 3 nitrogen and oxygen atoms in total. The zero-order chi connectivity index (χ0) is 8.27. The molecule has 1 aliphatic heterocycles. The van der Waals surface area contributed by atoms with E-state index in [-0.39, 0.29) is 7.02 Å². The normalized spacial score (nSPS) is 18.4. The molecule has 0 atom stereocenters. The van der Waals surface area contributed by atoms with Crippen LogP contribution in [0.4, 0.5) is 0 Å². The average molecular weight is 140 g/mol. The minimum atomic E-state index is -1.39. The number of nitrogens with zero attached hydrogens (tertiary/aromatic N) is 1. The molecule has 0 aromatic rings. The van der Waals surface area contributed by atoms with Crippen molar-refractivity contribution >= 4 is 7.12 Å². The monoisotopic (exact) mass is 140 g/mol. The van der Waals surface area contributed by atoms with Gasteiger partial charge >= 0.3 is 7.12 Å². The molecule has 0 saturated carbocycles. The molecule has 0 radical (unpaired) electrons. The number of rotatable bonds is 1. The summed E-state index contributed by atoms with van der Waals surface area (Å²) in [6.45, 7) is 0.576.